The first-order valence-electron chi connectivity index (χ1n) is 16.1. The molecule has 13 nitrogen and oxygen atoms in total. The molecule has 1 aliphatic carbocycles. The fourth-order valence-electron chi connectivity index (χ4n) is 6.50. The van der Waals surface area contributed by atoms with Crippen molar-refractivity contribution in [3.63, 3.8) is 0 Å². The molecule has 2 aromatic rings. The normalized spacial score (nSPS) is 24.1. The molecule has 252 valence electrons. The summed E-state index contributed by atoms with van der Waals surface area (Å²) in [5.74, 6) is 2.25. The van der Waals surface area contributed by atoms with Crippen LogP contribution < -0.4 is 29.9 Å². The van der Waals surface area contributed by atoms with Crippen molar-refractivity contribution in [3.05, 3.63) is 42.6 Å². The van der Waals surface area contributed by atoms with Crippen LogP contribution in [0.25, 0.3) is 0 Å². The van der Waals surface area contributed by atoms with Gasteiger partial charge in [-0.05, 0) is 52.5 Å². The van der Waals surface area contributed by atoms with E-state index in [9.17, 15) is 15.0 Å². The Kier molecular flexibility index (Phi) is 10.4. The molecule has 5 unspecified atom stereocenters. The third-order valence-corrected chi connectivity index (χ3v) is 8.75. The van der Waals surface area contributed by atoms with Crippen LogP contribution in [-0.2, 0) is 11.3 Å². The molecular weight excluding hydrogens is 590 g/mol. The van der Waals surface area contributed by atoms with Crippen LogP contribution in [0.4, 0.5) is 22.2 Å². The Labute approximate surface area is 271 Å². The minimum absolute atomic E-state index is 0.00134. The lowest BCUT2D eigenvalue weighted by Gasteiger charge is -2.48. The van der Waals surface area contributed by atoms with E-state index in [0.29, 0.717) is 48.6 Å². The molecule has 5 rings (SSSR count). The van der Waals surface area contributed by atoms with Crippen LogP contribution in [0, 0.1) is 0 Å². The Balaban J connectivity index is 1.49. The van der Waals surface area contributed by atoms with Crippen molar-refractivity contribution in [2.24, 2.45) is 0 Å². The number of amides is 1. The largest absolute Gasteiger partial charge is 0.497 e. The number of nitrogens with one attached hydrogen (secondary N) is 2. The molecular formula is C33H49N7O6. The quantitative estimate of drug-likeness (QED) is 0.234. The number of carbonyl (C=O) groups excluding carboxylic acids is 1. The lowest BCUT2D eigenvalue weighted by atomic mass is 9.90. The van der Waals surface area contributed by atoms with Crippen LogP contribution in [-0.4, -0.2) is 94.8 Å². The van der Waals surface area contributed by atoms with E-state index >= 15 is 0 Å². The molecule has 1 saturated carbocycles. The fraction of sp³-hybridized carbons (Fsp3) is 0.606. The Morgan fingerprint density at radius 1 is 1.09 bits per heavy atom. The minimum atomic E-state index is -1.11. The molecule has 2 aliphatic heterocycles. The first-order chi connectivity index (χ1) is 22.0. The summed E-state index contributed by atoms with van der Waals surface area (Å²) in [6, 6.07) is 5.26. The average molecular weight is 640 g/mol. The number of fused-ring (bicyclic) bond motifs is 1. The van der Waals surface area contributed by atoms with Crippen molar-refractivity contribution in [3.8, 4) is 11.5 Å². The topological polar surface area (TPSA) is 145 Å². The third-order valence-electron chi connectivity index (χ3n) is 8.75. The summed E-state index contributed by atoms with van der Waals surface area (Å²) in [7, 11) is 3.18. The van der Waals surface area contributed by atoms with Gasteiger partial charge in [0.25, 0.3) is 0 Å². The smallest absolute Gasteiger partial charge is 0.410 e. The molecule has 0 radical (unpaired) electrons. The lowest BCUT2D eigenvalue weighted by molar-refractivity contribution is 0.0176. The second-order valence-corrected chi connectivity index (χ2v) is 13.2. The molecule has 1 amide bonds. The number of piperidine rings is 1. The van der Waals surface area contributed by atoms with Crippen molar-refractivity contribution in [2.45, 2.75) is 102 Å². The molecule has 3 heterocycles. The number of nitrogens with zero attached hydrogens (tertiary/aromatic N) is 5. The zero-order chi connectivity index (χ0) is 33.0. The molecule has 13 heteroatoms. The van der Waals surface area contributed by atoms with Gasteiger partial charge in [-0.15, -0.1) is 0 Å². The zero-order valence-electron chi connectivity index (χ0n) is 27.6. The van der Waals surface area contributed by atoms with E-state index < -0.39 is 18.2 Å². The first kappa shape index (κ1) is 33.6. The summed E-state index contributed by atoms with van der Waals surface area (Å²) in [4.78, 5) is 28.3. The predicted molar refractivity (Wildman–Crippen MR) is 176 cm³/mol. The number of hydrogen-bond acceptors (Lipinski definition) is 12. The molecule has 0 bridgehead atoms. The van der Waals surface area contributed by atoms with Crippen molar-refractivity contribution in [1.29, 1.82) is 0 Å². The van der Waals surface area contributed by atoms with Crippen LogP contribution in [0.15, 0.2) is 37.1 Å². The van der Waals surface area contributed by atoms with E-state index in [0.717, 1.165) is 44.1 Å². The fourth-order valence-corrected chi connectivity index (χ4v) is 6.50. The highest BCUT2D eigenvalue weighted by molar-refractivity contribution is 5.69. The Hall–Kier alpha value is -3.81. The minimum Gasteiger partial charge on any atom is -0.497 e. The van der Waals surface area contributed by atoms with E-state index in [1.165, 1.54) is 6.08 Å². The van der Waals surface area contributed by atoms with Gasteiger partial charge in [-0.1, -0.05) is 19.4 Å². The highest BCUT2D eigenvalue weighted by atomic mass is 16.6. The molecule has 5 atom stereocenters. The van der Waals surface area contributed by atoms with Crippen LogP contribution >= 0.6 is 0 Å². The Bertz CT molecular complexity index is 1350. The molecule has 1 aromatic carbocycles. The SMILES string of the molecule is C=CC(O)NC1CCCCC1Nc1ncc2c(n1)N(C1CCCN(C(=O)OC(C)(C)C)C1)C(O)N(c1cc(OC)cc(OC)c1)C2. The number of aliphatic hydroxyl groups excluding tert-OH is 2. The average Bonchev–Trinajstić information content (AvgIpc) is 3.04. The lowest BCUT2D eigenvalue weighted by Crippen LogP contribution is -2.61. The number of carbonyl (C=O) groups is 1. The number of likely N-dealkylation sites (tertiary alicyclic amines) is 1. The molecule has 0 spiro atoms. The van der Waals surface area contributed by atoms with Crippen molar-refractivity contribution < 1.29 is 29.2 Å². The zero-order valence-corrected chi connectivity index (χ0v) is 27.6. The third kappa shape index (κ3) is 7.76. The van der Waals surface area contributed by atoms with E-state index in [-0.39, 0.29) is 24.2 Å². The van der Waals surface area contributed by atoms with Gasteiger partial charge in [0.1, 0.15) is 29.1 Å². The number of methoxy groups -OCH3 is 2. The number of anilines is 3. The number of hydrogen-bond donors (Lipinski definition) is 4. The highest BCUT2D eigenvalue weighted by Gasteiger charge is 2.41. The summed E-state index contributed by atoms with van der Waals surface area (Å²) < 4.78 is 16.8. The van der Waals surface area contributed by atoms with Gasteiger partial charge >= 0.3 is 6.09 Å². The molecule has 46 heavy (non-hydrogen) atoms. The summed E-state index contributed by atoms with van der Waals surface area (Å²) in [5.41, 5.74) is 0.913. The van der Waals surface area contributed by atoms with Crippen molar-refractivity contribution >= 4 is 23.5 Å². The van der Waals surface area contributed by atoms with Crippen molar-refractivity contribution in [1.82, 2.24) is 20.2 Å². The van der Waals surface area contributed by atoms with E-state index in [1.807, 2.05) is 42.7 Å². The summed E-state index contributed by atoms with van der Waals surface area (Å²) >= 11 is 0. The number of aromatic nitrogens is 2. The maximum absolute atomic E-state index is 13.1. The van der Waals surface area contributed by atoms with Gasteiger partial charge in [0.15, 0.2) is 0 Å². The summed E-state index contributed by atoms with van der Waals surface area (Å²) in [5, 5.41) is 29.0. The maximum atomic E-state index is 13.1. The molecule has 4 N–H and O–H groups in total. The summed E-state index contributed by atoms with van der Waals surface area (Å²) in [6.45, 7) is 10.5. The van der Waals surface area contributed by atoms with Gasteiger partial charge in [0.2, 0.25) is 12.3 Å². The number of aliphatic hydroxyl groups is 2. The van der Waals surface area contributed by atoms with E-state index in [4.69, 9.17) is 24.2 Å². The van der Waals surface area contributed by atoms with Crippen LogP contribution in [0.5, 0.6) is 11.5 Å². The van der Waals surface area contributed by atoms with Crippen LogP contribution in [0.2, 0.25) is 0 Å². The standard InChI is InChI=1S/C33H49N7O6/c1-7-28(41)35-26-12-8-9-13-27(26)36-30-34-18-21-19-39(23-15-24(44-5)17-25(16-23)45-6)31(42)40(29(21)37-30)22-11-10-14-38(20-22)32(43)46-33(2,3)4/h7,15-18,22,26-28,31,35,41-42H,1,8-14,19-20H2,2-6H3,(H,34,36,37). The molecule has 1 saturated heterocycles. The Morgan fingerprint density at radius 3 is 2.43 bits per heavy atom. The number of ether oxygens (including phenoxy) is 3. The van der Waals surface area contributed by atoms with E-state index in [1.54, 1.807) is 31.4 Å². The van der Waals surface area contributed by atoms with Gasteiger partial charge in [0.05, 0.1) is 26.8 Å². The number of rotatable bonds is 9. The second kappa shape index (κ2) is 14.3. The summed E-state index contributed by atoms with van der Waals surface area (Å²) in [6.07, 6.45) is 6.39. The molecule has 1 aromatic heterocycles. The van der Waals surface area contributed by atoms with Gasteiger partial charge in [-0.2, -0.15) is 4.98 Å². The Morgan fingerprint density at radius 2 is 1.78 bits per heavy atom. The predicted octanol–water partition coefficient (Wildman–Crippen LogP) is 3.81. The molecule has 3 aliphatic rings. The second-order valence-electron chi connectivity index (χ2n) is 13.2. The number of benzene rings is 1. The maximum Gasteiger partial charge on any atom is 0.410 e. The van der Waals surface area contributed by atoms with Gasteiger partial charge < -0.3 is 44.4 Å². The van der Waals surface area contributed by atoms with Gasteiger partial charge in [-0.25, -0.2) is 9.78 Å². The molecule has 2 fully saturated rings. The van der Waals surface area contributed by atoms with Crippen molar-refractivity contribution in [2.75, 3.05) is 42.4 Å². The van der Waals surface area contributed by atoms with Gasteiger partial charge in [-0.3, -0.25) is 5.32 Å². The van der Waals surface area contributed by atoms with Crippen LogP contribution in [0.1, 0.15) is 64.9 Å². The highest BCUT2D eigenvalue weighted by Crippen LogP contribution is 2.38. The van der Waals surface area contributed by atoms with Crippen LogP contribution in [0.3, 0.4) is 0 Å². The van der Waals surface area contributed by atoms with E-state index in [2.05, 4.69) is 17.2 Å². The first-order valence-corrected chi connectivity index (χ1v) is 16.1. The monoisotopic (exact) mass is 639 g/mol. The van der Waals surface area contributed by atoms with Gasteiger partial charge in [0, 0.05) is 60.8 Å².